The summed E-state index contributed by atoms with van der Waals surface area (Å²) in [6, 6.07) is 3.90. The van der Waals surface area contributed by atoms with E-state index in [1.807, 2.05) is 18.3 Å². The Morgan fingerprint density at radius 1 is 1.41 bits per heavy atom. The Labute approximate surface area is 104 Å². The first-order valence-electron chi connectivity index (χ1n) is 5.03. The van der Waals surface area contributed by atoms with Gasteiger partial charge in [0.05, 0.1) is 0 Å². The first kappa shape index (κ1) is 13.3. The third kappa shape index (κ3) is 3.96. The quantitative estimate of drug-likeness (QED) is 0.768. The van der Waals surface area contributed by atoms with Crippen molar-refractivity contribution in [3.63, 3.8) is 0 Å². The summed E-state index contributed by atoms with van der Waals surface area (Å²) in [6.45, 7) is 3.50. The molecule has 0 aliphatic heterocycles. The molecule has 1 unspecified atom stereocenters. The van der Waals surface area contributed by atoms with Gasteiger partial charge in [-0.25, -0.2) is 4.79 Å². The molecule has 0 saturated carbocycles. The molecule has 0 spiro atoms. The van der Waals surface area contributed by atoms with Crippen molar-refractivity contribution in [3.05, 3.63) is 28.8 Å². The van der Waals surface area contributed by atoms with E-state index >= 15 is 0 Å². The van der Waals surface area contributed by atoms with E-state index in [1.54, 1.807) is 19.1 Å². The van der Waals surface area contributed by atoms with Crippen LogP contribution in [0.5, 0.6) is 0 Å². The lowest BCUT2D eigenvalue weighted by Crippen LogP contribution is -2.43. The lowest BCUT2D eigenvalue weighted by molar-refractivity contribution is -0.120. The monoisotopic (exact) mass is 255 g/mol. The highest BCUT2D eigenvalue weighted by Crippen LogP contribution is 2.20. The summed E-state index contributed by atoms with van der Waals surface area (Å²) in [5, 5.41) is 5.51. The van der Waals surface area contributed by atoms with Crippen LogP contribution in [-0.4, -0.2) is 18.0 Å². The molecule has 17 heavy (non-hydrogen) atoms. The average molecular weight is 256 g/mol. The maximum atomic E-state index is 11.4. The summed E-state index contributed by atoms with van der Waals surface area (Å²) in [4.78, 5) is 21.9. The summed E-state index contributed by atoms with van der Waals surface area (Å²) in [5.74, 6) is -0.491. The van der Waals surface area contributed by atoms with Crippen LogP contribution in [-0.2, 0) is 4.79 Å². The number of carbonyl (C=O) groups is 2. The molecule has 1 atom stereocenters. The number of nitrogens with one attached hydrogen (secondary N) is 2. The minimum Gasteiger partial charge on any atom is -0.374 e. The molecule has 0 radical (unpaired) electrons. The molecule has 1 aromatic rings. The third-order valence-electron chi connectivity index (χ3n) is 2.19. The molecule has 6 heteroatoms. The number of anilines is 1. The number of benzene rings is 1. The van der Waals surface area contributed by atoms with E-state index in [4.69, 9.17) is 17.3 Å². The number of hydrogen-bond acceptors (Lipinski definition) is 3. The maximum Gasteiger partial charge on any atom is 0.318 e. The summed E-state index contributed by atoms with van der Waals surface area (Å²) in [7, 11) is 0. The number of nitrogens with two attached hydrogens (primary N) is 1. The van der Waals surface area contributed by atoms with Crippen LogP contribution in [0.3, 0.4) is 0 Å². The fourth-order valence-corrected chi connectivity index (χ4v) is 1.41. The molecular weight excluding hydrogens is 242 g/mol. The molecule has 0 aliphatic carbocycles. The van der Waals surface area contributed by atoms with Gasteiger partial charge in [0.25, 0.3) is 0 Å². The lowest BCUT2D eigenvalue weighted by Gasteiger charge is -2.14. The van der Waals surface area contributed by atoms with E-state index in [9.17, 15) is 9.59 Å². The second-order valence-electron chi connectivity index (χ2n) is 3.68. The number of aryl methyl sites for hydroxylation is 1. The minimum atomic E-state index is -0.870. The zero-order valence-corrected chi connectivity index (χ0v) is 10.3. The molecule has 3 amide bonds. The second kappa shape index (κ2) is 5.54. The fraction of sp³-hybridized carbons (Fsp3) is 0.273. The molecule has 1 rings (SSSR count). The Balaban J connectivity index is 2.67. The van der Waals surface area contributed by atoms with Gasteiger partial charge >= 0.3 is 6.03 Å². The molecule has 0 aliphatic rings. The zero-order chi connectivity index (χ0) is 13.0. The largest absolute Gasteiger partial charge is 0.374 e. The maximum absolute atomic E-state index is 11.4. The molecule has 0 bridgehead atoms. The number of carbonyl (C=O) groups excluding carboxylic acids is 2. The van der Waals surface area contributed by atoms with Crippen molar-refractivity contribution in [1.82, 2.24) is 5.32 Å². The van der Waals surface area contributed by atoms with E-state index in [0.717, 1.165) is 5.56 Å². The number of amides is 3. The van der Waals surface area contributed by atoms with Crippen LogP contribution in [0.1, 0.15) is 12.5 Å². The standard InChI is InChI=1S/C11H14ClN3O2/c1-6-3-4-8(5-9(6)12)14-7(2)10(16)15-11(13)17/h3-5,7,14H,1-2H3,(H3,13,15,16,17). The Morgan fingerprint density at radius 2 is 2.06 bits per heavy atom. The van der Waals surface area contributed by atoms with Crippen LogP contribution in [0.4, 0.5) is 10.5 Å². The Morgan fingerprint density at radius 3 is 2.59 bits per heavy atom. The number of urea groups is 1. The SMILES string of the molecule is Cc1ccc(NC(C)C(=O)NC(N)=O)cc1Cl. The van der Waals surface area contributed by atoms with Crippen molar-refractivity contribution >= 4 is 29.2 Å². The second-order valence-corrected chi connectivity index (χ2v) is 4.09. The smallest absolute Gasteiger partial charge is 0.318 e. The number of halogens is 1. The normalized spacial score (nSPS) is 11.7. The summed E-state index contributed by atoms with van der Waals surface area (Å²) in [5.41, 5.74) is 6.50. The minimum absolute atomic E-state index is 0.491. The van der Waals surface area contributed by atoms with E-state index in [2.05, 4.69) is 5.32 Å². The molecule has 0 aromatic heterocycles. The van der Waals surface area contributed by atoms with Gasteiger partial charge in [-0.05, 0) is 31.5 Å². The molecule has 92 valence electrons. The summed E-state index contributed by atoms with van der Waals surface area (Å²) >= 11 is 5.95. The topological polar surface area (TPSA) is 84.2 Å². The first-order chi connectivity index (χ1) is 7.90. The van der Waals surface area contributed by atoms with Gasteiger partial charge in [0, 0.05) is 10.7 Å². The van der Waals surface area contributed by atoms with E-state index < -0.39 is 18.0 Å². The van der Waals surface area contributed by atoms with Crippen molar-refractivity contribution in [2.75, 3.05) is 5.32 Å². The molecule has 4 N–H and O–H groups in total. The van der Waals surface area contributed by atoms with Gasteiger partial charge in [-0.2, -0.15) is 0 Å². The molecular formula is C11H14ClN3O2. The van der Waals surface area contributed by atoms with Crippen LogP contribution in [0.15, 0.2) is 18.2 Å². The predicted octanol–water partition coefficient (Wildman–Crippen LogP) is 1.64. The first-order valence-corrected chi connectivity index (χ1v) is 5.41. The van der Waals surface area contributed by atoms with Crippen molar-refractivity contribution in [3.8, 4) is 0 Å². The molecule has 0 saturated heterocycles. The van der Waals surface area contributed by atoms with Crippen molar-refractivity contribution in [2.45, 2.75) is 19.9 Å². The van der Waals surface area contributed by atoms with Gasteiger partial charge in [0.15, 0.2) is 0 Å². The Hall–Kier alpha value is -1.75. The third-order valence-corrected chi connectivity index (χ3v) is 2.60. The van der Waals surface area contributed by atoms with Gasteiger partial charge < -0.3 is 11.1 Å². The van der Waals surface area contributed by atoms with Crippen LogP contribution < -0.4 is 16.4 Å². The van der Waals surface area contributed by atoms with E-state index in [1.165, 1.54) is 0 Å². The van der Waals surface area contributed by atoms with Crippen LogP contribution in [0.2, 0.25) is 5.02 Å². The average Bonchev–Trinajstić information content (AvgIpc) is 2.22. The van der Waals surface area contributed by atoms with Gasteiger partial charge in [-0.3, -0.25) is 10.1 Å². The van der Waals surface area contributed by atoms with Crippen molar-refractivity contribution < 1.29 is 9.59 Å². The van der Waals surface area contributed by atoms with Crippen LogP contribution in [0, 0.1) is 6.92 Å². The fourth-order valence-electron chi connectivity index (χ4n) is 1.23. The van der Waals surface area contributed by atoms with Crippen LogP contribution in [0.25, 0.3) is 0 Å². The van der Waals surface area contributed by atoms with Crippen molar-refractivity contribution in [1.29, 1.82) is 0 Å². The summed E-state index contributed by atoms with van der Waals surface area (Å²) < 4.78 is 0. The van der Waals surface area contributed by atoms with Gasteiger partial charge in [0.2, 0.25) is 5.91 Å². The van der Waals surface area contributed by atoms with Crippen molar-refractivity contribution in [2.24, 2.45) is 5.73 Å². The highest BCUT2D eigenvalue weighted by atomic mass is 35.5. The number of primary amides is 1. The summed E-state index contributed by atoms with van der Waals surface area (Å²) in [6.07, 6.45) is 0. The zero-order valence-electron chi connectivity index (χ0n) is 9.58. The van der Waals surface area contributed by atoms with Gasteiger partial charge in [-0.1, -0.05) is 17.7 Å². The number of imide groups is 1. The lowest BCUT2D eigenvalue weighted by atomic mass is 10.2. The molecule has 1 aromatic carbocycles. The Kier molecular flexibility index (Phi) is 4.34. The van der Waals surface area contributed by atoms with Gasteiger partial charge in [-0.15, -0.1) is 0 Å². The molecule has 5 nitrogen and oxygen atoms in total. The van der Waals surface area contributed by atoms with Gasteiger partial charge in [0.1, 0.15) is 6.04 Å². The van der Waals surface area contributed by atoms with Crippen LogP contribution >= 0.6 is 11.6 Å². The van der Waals surface area contributed by atoms with E-state index in [0.29, 0.717) is 10.7 Å². The predicted molar refractivity (Wildman–Crippen MR) is 67.0 cm³/mol. The Bertz CT molecular complexity index is 448. The molecule has 0 heterocycles. The van der Waals surface area contributed by atoms with E-state index in [-0.39, 0.29) is 0 Å². The highest BCUT2D eigenvalue weighted by Gasteiger charge is 2.14. The number of hydrogen-bond donors (Lipinski definition) is 3. The molecule has 0 fully saturated rings. The highest BCUT2D eigenvalue weighted by molar-refractivity contribution is 6.31. The number of rotatable bonds is 3.